The fraction of sp³-hybridized carbons (Fsp3) is 0.375. The van der Waals surface area contributed by atoms with Crippen LogP contribution in [0.15, 0.2) is 59.8 Å². The number of carbonyl (C=O) groups excluding carboxylic acids is 1. The number of aryl methyl sites for hydroxylation is 2. The van der Waals surface area contributed by atoms with E-state index >= 15 is 0 Å². The molecular weight excluding hydrogens is 438 g/mol. The normalized spacial score (nSPS) is 15.5. The van der Waals surface area contributed by atoms with E-state index in [-0.39, 0.29) is 16.7 Å². The van der Waals surface area contributed by atoms with Crippen molar-refractivity contribution in [2.75, 3.05) is 13.1 Å². The highest BCUT2D eigenvalue weighted by atomic mass is 32.2. The quantitative estimate of drug-likeness (QED) is 0.576. The Balaban J connectivity index is 1.30. The second-order valence-electron chi connectivity index (χ2n) is 8.49. The molecule has 0 radical (unpaired) electrons. The lowest BCUT2D eigenvalue weighted by Gasteiger charge is -2.30. The van der Waals surface area contributed by atoms with Crippen LogP contribution in [-0.4, -0.2) is 46.5 Å². The molecule has 1 aliphatic heterocycles. The molecule has 3 aromatic rings. The van der Waals surface area contributed by atoms with Gasteiger partial charge in [-0.2, -0.15) is 9.40 Å². The number of benzene rings is 1. The minimum atomic E-state index is -3.57. The van der Waals surface area contributed by atoms with Crippen LogP contribution in [0, 0.1) is 19.8 Å². The number of aromatic nitrogens is 3. The maximum Gasteiger partial charge on any atom is 0.244 e. The zero-order valence-electron chi connectivity index (χ0n) is 18.9. The first-order valence-corrected chi connectivity index (χ1v) is 12.5. The van der Waals surface area contributed by atoms with E-state index in [2.05, 4.69) is 33.6 Å². The Bertz CT molecular complexity index is 1220. The van der Waals surface area contributed by atoms with Gasteiger partial charge in [-0.25, -0.2) is 8.42 Å². The monoisotopic (exact) mass is 467 g/mol. The van der Waals surface area contributed by atoms with Crippen molar-refractivity contribution in [2.24, 2.45) is 5.92 Å². The third-order valence-electron chi connectivity index (χ3n) is 5.99. The molecule has 1 amide bonds. The molecule has 1 aromatic carbocycles. The number of rotatable bonds is 7. The summed E-state index contributed by atoms with van der Waals surface area (Å²) in [6.45, 7) is 5.80. The van der Waals surface area contributed by atoms with Crippen LogP contribution in [0.4, 0.5) is 0 Å². The Kier molecular flexibility index (Phi) is 6.90. The average Bonchev–Trinajstić information content (AvgIpc) is 3.14. The van der Waals surface area contributed by atoms with Gasteiger partial charge in [0.2, 0.25) is 15.9 Å². The summed E-state index contributed by atoms with van der Waals surface area (Å²) in [5, 5.41) is 7.53. The fourth-order valence-electron chi connectivity index (χ4n) is 4.19. The first kappa shape index (κ1) is 23.1. The topological polar surface area (TPSA) is 97.2 Å². The van der Waals surface area contributed by atoms with Gasteiger partial charge >= 0.3 is 0 Å². The largest absolute Gasteiger partial charge is 0.352 e. The van der Waals surface area contributed by atoms with Crippen molar-refractivity contribution in [3.8, 4) is 0 Å². The van der Waals surface area contributed by atoms with Crippen molar-refractivity contribution in [3.05, 3.63) is 77.4 Å². The Hall–Kier alpha value is -3.04. The molecule has 9 heteroatoms. The van der Waals surface area contributed by atoms with Crippen molar-refractivity contribution < 1.29 is 13.2 Å². The first-order valence-electron chi connectivity index (χ1n) is 11.1. The number of nitrogens with zero attached hydrogens (tertiary/aromatic N) is 4. The van der Waals surface area contributed by atoms with Gasteiger partial charge < -0.3 is 5.32 Å². The molecule has 0 spiro atoms. The molecule has 4 rings (SSSR count). The van der Waals surface area contributed by atoms with Gasteiger partial charge in [0.05, 0.1) is 12.2 Å². The van der Waals surface area contributed by atoms with Crippen molar-refractivity contribution in [2.45, 2.75) is 44.7 Å². The summed E-state index contributed by atoms with van der Waals surface area (Å²) in [5.41, 5.74) is 4.26. The average molecular weight is 468 g/mol. The molecule has 1 saturated heterocycles. The van der Waals surface area contributed by atoms with Crippen molar-refractivity contribution >= 4 is 15.9 Å². The summed E-state index contributed by atoms with van der Waals surface area (Å²) in [7, 11) is -3.57. The Morgan fingerprint density at radius 2 is 1.85 bits per heavy atom. The first-order chi connectivity index (χ1) is 15.8. The van der Waals surface area contributed by atoms with E-state index in [4.69, 9.17) is 0 Å². The maximum atomic E-state index is 12.7. The standard InChI is InChI=1S/C24H29N5O3S/c1-18-13-19(2)29(27-18)17-21-6-3-5-20(14-21)15-26-24(30)22-8-11-28(12-9-22)33(31,32)23-7-4-10-25-16-23/h3-7,10,13-14,16,22H,8-9,11-12,15,17H2,1-2H3,(H,26,30). The third-order valence-corrected chi connectivity index (χ3v) is 7.87. The predicted octanol–water partition coefficient (Wildman–Crippen LogP) is 2.66. The Labute approximate surface area is 194 Å². The molecule has 1 N–H and O–H groups in total. The highest BCUT2D eigenvalue weighted by Crippen LogP contribution is 2.23. The lowest BCUT2D eigenvalue weighted by Crippen LogP contribution is -2.42. The van der Waals surface area contributed by atoms with E-state index in [1.54, 1.807) is 18.3 Å². The van der Waals surface area contributed by atoms with E-state index in [0.29, 0.717) is 39.0 Å². The zero-order valence-corrected chi connectivity index (χ0v) is 19.8. The van der Waals surface area contributed by atoms with Gasteiger partial charge in [-0.15, -0.1) is 0 Å². The van der Waals surface area contributed by atoms with Crippen LogP contribution in [-0.2, 0) is 27.9 Å². The van der Waals surface area contributed by atoms with Crippen LogP contribution < -0.4 is 5.32 Å². The highest BCUT2D eigenvalue weighted by molar-refractivity contribution is 7.89. The third kappa shape index (κ3) is 5.48. The number of carbonyl (C=O) groups is 1. The molecule has 1 fully saturated rings. The van der Waals surface area contributed by atoms with E-state index in [1.165, 1.54) is 10.5 Å². The number of hydrogen-bond acceptors (Lipinski definition) is 5. The van der Waals surface area contributed by atoms with Gasteiger partial charge in [-0.05, 0) is 56.0 Å². The highest BCUT2D eigenvalue weighted by Gasteiger charge is 2.32. The summed E-state index contributed by atoms with van der Waals surface area (Å²) in [5.74, 6) is -0.222. The van der Waals surface area contributed by atoms with Gasteiger partial charge in [-0.1, -0.05) is 24.3 Å². The van der Waals surface area contributed by atoms with Crippen molar-refractivity contribution in [3.63, 3.8) is 0 Å². The summed E-state index contributed by atoms with van der Waals surface area (Å²) in [6.07, 6.45) is 3.91. The molecule has 1 aliphatic rings. The molecule has 0 atom stereocenters. The lowest BCUT2D eigenvalue weighted by molar-refractivity contribution is -0.126. The Morgan fingerprint density at radius 1 is 1.09 bits per heavy atom. The summed E-state index contributed by atoms with van der Waals surface area (Å²) in [6, 6.07) is 13.3. The molecule has 3 heterocycles. The predicted molar refractivity (Wildman–Crippen MR) is 125 cm³/mol. The molecule has 2 aromatic heterocycles. The molecule has 8 nitrogen and oxygen atoms in total. The van der Waals surface area contributed by atoms with E-state index in [9.17, 15) is 13.2 Å². The van der Waals surface area contributed by atoms with Gasteiger partial charge in [-0.3, -0.25) is 14.5 Å². The number of hydrogen-bond donors (Lipinski definition) is 1. The number of pyridine rings is 1. The van der Waals surface area contributed by atoms with Gasteiger partial charge in [0.25, 0.3) is 0 Å². The van der Waals surface area contributed by atoms with Gasteiger partial charge in [0, 0.05) is 43.6 Å². The van der Waals surface area contributed by atoms with Gasteiger partial charge in [0.15, 0.2) is 0 Å². The molecule has 33 heavy (non-hydrogen) atoms. The minimum absolute atomic E-state index is 0.0302. The second-order valence-corrected chi connectivity index (χ2v) is 10.4. The number of sulfonamides is 1. The van der Waals surface area contributed by atoms with Crippen molar-refractivity contribution in [1.29, 1.82) is 0 Å². The minimum Gasteiger partial charge on any atom is -0.352 e. The number of piperidine rings is 1. The van der Waals surface area contributed by atoms with E-state index in [1.807, 2.05) is 30.7 Å². The summed E-state index contributed by atoms with van der Waals surface area (Å²) < 4.78 is 28.9. The van der Waals surface area contributed by atoms with Crippen LogP contribution in [0.2, 0.25) is 0 Å². The number of amides is 1. The van der Waals surface area contributed by atoms with Crippen LogP contribution in [0.1, 0.15) is 35.4 Å². The maximum absolute atomic E-state index is 12.7. The molecular formula is C24H29N5O3S. The smallest absolute Gasteiger partial charge is 0.244 e. The van der Waals surface area contributed by atoms with Crippen LogP contribution >= 0.6 is 0 Å². The van der Waals surface area contributed by atoms with Crippen LogP contribution in [0.25, 0.3) is 0 Å². The Morgan fingerprint density at radius 3 is 2.52 bits per heavy atom. The SMILES string of the molecule is Cc1cc(C)n(Cc2cccc(CNC(=O)C3CCN(S(=O)(=O)c4cccnc4)CC3)c2)n1. The summed E-state index contributed by atoms with van der Waals surface area (Å²) in [4.78, 5) is 16.8. The van der Waals surface area contributed by atoms with Crippen molar-refractivity contribution in [1.82, 2.24) is 24.4 Å². The number of nitrogens with one attached hydrogen (secondary N) is 1. The molecule has 0 bridgehead atoms. The lowest BCUT2D eigenvalue weighted by atomic mass is 9.97. The molecule has 0 unspecified atom stereocenters. The fourth-order valence-corrected chi connectivity index (χ4v) is 5.62. The molecule has 0 saturated carbocycles. The van der Waals surface area contributed by atoms with E-state index in [0.717, 1.165) is 22.5 Å². The second kappa shape index (κ2) is 9.84. The molecule has 174 valence electrons. The summed E-state index contributed by atoms with van der Waals surface area (Å²) >= 11 is 0. The van der Waals surface area contributed by atoms with Crippen LogP contribution in [0.3, 0.4) is 0 Å². The van der Waals surface area contributed by atoms with Crippen LogP contribution in [0.5, 0.6) is 0 Å². The zero-order chi connectivity index (χ0) is 23.4. The molecule has 0 aliphatic carbocycles. The van der Waals surface area contributed by atoms with Gasteiger partial charge in [0.1, 0.15) is 4.90 Å². The van der Waals surface area contributed by atoms with E-state index < -0.39 is 10.0 Å².